The first-order valence-corrected chi connectivity index (χ1v) is 4.73. The normalized spacial score (nSPS) is 11.4. The summed E-state index contributed by atoms with van der Waals surface area (Å²) in [5.41, 5.74) is 6.75. The number of hydrogen-bond donors (Lipinski definition) is 2. The highest BCUT2D eigenvalue weighted by Gasteiger charge is 2.12. The van der Waals surface area contributed by atoms with Crippen LogP contribution in [0.4, 0.5) is 0 Å². The zero-order chi connectivity index (χ0) is 10.6. The molecule has 0 aliphatic carbocycles. The van der Waals surface area contributed by atoms with E-state index in [0.717, 1.165) is 5.75 Å². The Morgan fingerprint density at radius 2 is 1.64 bits per heavy atom. The fourth-order valence-electron chi connectivity index (χ4n) is 1.13. The SMILES string of the molecule is CNNOc1ccc(C(C)(C)C)cc1. The third-order valence-corrected chi connectivity index (χ3v) is 1.99. The maximum atomic E-state index is 5.16. The van der Waals surface area contributed by atoms with Crippen LogP contribution in [0.25, 0.3) is 0 Å². The van der Waals surface area contributed by atoms with Crippen LogP contribution in [0.1, 0.15) is 26.3 Å². The number of rotatable bonds is 3. The van der Waals surface area contributed by atoms with Crippen molar-refractivity contribution in [3.05, 3.63) is 29.8 Å². The van der Waals surface area contributed by atoms with Gasteiger partial charge in [0.25, 0.3) is 0 Å². The lowest BCUT2D eigenvalue weighted by molar-refractivity contribution is 0.160. The van der Waals surface area contributed by atoms with E-state index in [2.05, 4.69) is 43.9 Å². The largest absolute Gasteiger partial charge is 0.394 e. The van der Waals surface area contributed by atoms with Gasteiger partial charge < -0.3 is 4.84 Å². The van der Waals surface area contributed by atoms with Gasteiger partial charge in [-0.25, -0.2) is 5.43 Å². The molecule has 0 aliphatic rings. The average Bonchev–Trinajstić information content (AvgIpc) is 2.14. The molecular weight excluding hydrogens is 176 g/mol. The molecule has 1 aromatic carbocycles. The van der Waals surface area contributed by atoms with Crippen LogP contribution >= 0.6 is 0 Å². The highest BCUT2D eigenvalue weighted by Crippen LogP contribution is 2.23. The van der Waals surface area contributed by atoms with Gasteiger partial charge in [-0.3, -0.25) is 0 Å². The minimum absolute atomic E-state index is 0.189. The van der Waals surface area contributed by atoms with Crippen LogP contribution in [0, 0.1) is 0 Å². The zero-order valence-electron chi connectivity index (χ0n) is 9.22. The van der Waals surface area contributed by atoms with Crippen LogP contribution in [0.15, 0.2) is 24.3 Å². The number of hydrazine groups is 1. The van der Waals surface area contributed by atoms with E-state index in [1.165, 1.54) is 5.56 Å². The summed E-state index contributed by atoms with van der Waals surface area (Å²) in [6.07, 6.45) is 0. The zero-order valence-corrected chi connectivity index (χ0v) is 9.22. The first-order valence-electron chi connectivity index (χ1n) is 4.73. The molecule has 0 aliphatic heterocycles. The van der Waals surface area contributed by atoms with Gasteiger partial charge >= 0.3 is 0 Å². The van der Waals surface area contributed by atoms with Gasteiger partial charge in [0.1, 0.15) is 5.75 Å². The van der Waals surface area contributed by atoms with Crippen molar-refractivity contribution in [1.29, 1.82) is 0 Å². The minimum Gasteiger partial charge on any atom is -0.394 e. The standard InChI is InChI=1S/C11H18N2O/c1-11(2,3)9-5-7-10(8-6-9)14-13-12-4/h5-8,12-13H,1-4H3. The number of nitrogens with one attached hydrogen (secondary N) is 2. The molecule has 0 heterocycles. The van der Waals surface area contributed by atoms with Crippen LogP contribution in [-0.4, -0.2) is 7.05 Å². The van der Waals surface area contributed by atoms with Crippen LogP contribution in [0.3, 0.4) is 0 Å². The third kappa shape index (κ3) is 3.01. The fourth-order valence-corrected chi connectivity index (χ4v) is 1.13. The molecule has 0 amide bonds. The molecule has 0 saturated heterocycles. The lowest BCUT2D eigenvalue weighted by Gasteiger charge is -2.19. The summed E-state index contributed by atoms with van der Waals surface area (Å²) < 4.78 is 0. The Morgan fingerprint density at radius 3 is 2.07 bits per heavy atom. The number of benzene rings is 1. The van der Waals surface area contributed by atoms with Gasteiger partial charge in [-0.2, -0.15) is 0 Å². The van der Waals surface area contributed by atoms with Crippen molar-refractivity contribution in [2.75, 3.05) is 7.05 Å². The molecule has 3 heteroatoms. The molecular formula is C11H18N2O. The Labute approximate surface area is 85.4 Å². The molecule has 14 heavy (non-hydrogen) atoms. The molecule has 1 aromatic rings. The Hall–Kier alpha value is -1.06. The molecule has 0 radical (unpaired) electrons. The predicted octanol–water partition coefficient (Wildman–Crippen LogP) is 2.00. The van der Waals surface area contributed by atoms with Gasteiger partial charge in [-0.1, -0.05) is 38.5 Å². The smallest absolute Gasteiger partial charge is 0.149 e. The summed E-state index contributed by atoms with van der Waals surface area (Å²) in [5, 5.41) is 0. The third-order valence-electron chi connectivity index (χ3n) is 1.99. The molecule has 0 bridgehead atoms. The fraction of sp³-hybridized carbons (Fsp3) is 0.455. The minimum atomic E-state index is 0.189. The molecule has 78 valence electrons. The monoisotopic (exact) mass is 194 g/mol. The van der Waals surface area contributed by atoms with E-state index in [1.807, 2.05) is 12.1 Å². The molecule has 0 aromatic heterocycles. The second kappa shape index (κ2) is 4.44. The van der Waals surface area contributed by atoms with E-state index < -0.39 is 0 Å². The summed E-state index contributed by atoms with van der Waals surface area (Å²) in [6, 6.07) is 8.05. The van der Waals surface area contributed by atoms with E-state index in [0.29, 0.717) is 0 Å². The van der Waals surface area contributed by atoms with Crippen LogP contribution in [0.5, 0.6) is 5.75 Å². The van der Waals surface area contributed by atoms with Crippen molar-refractivity contribution in [3.8, 4) is 5.75 Å². The summed E-state index contributed by atoms with van der Waals surface area (Å²) in [7, 11) is 1.75. The Bertz CT molecular complexity index is 274. The molecule has 0 fully saturated rings. The van der Waals surface area contributed by atoms with Crippen molar-refractivity contribution < 1.29 is 4.84 Å². The highest BCUT2D eigenvalue weighted by atomic mass is 16.7. The summed E-state index contributed by atoms with van der Waals surface area (Å²) in [6.45, 7) is 6.57. The van der Waals surface area contributed by atoms with Crippen molar-refractivity contribution in [2.45, 2.75) is 26.2 Å². The molecule has 0 unspecified atom stereocenters. The Balaban J connectivity index is 2.69. The van der Waals surface area contributed by atoms with Crippen LogP contribution < -0.4 is 15.9 Å². The number of hydrogen-bond acceptors (Lipinski definition) is 3. The maximum absolute atomic E-state index is 5.16. The summed E-state index contributed by atoms with van der Waals surface area (Å²) >= 11 is 0. The molecule has 0 spiro atoms. The van der Waals surface area contributed by atoms with Crippen LogP contribution in [-0.2, 0) is 5.41 Å². The van der Waals surface area contributed by atoms with Crippen LogP contribution in [0.2, 0.25) is 0 Å². The second-order valence-electron chi connectivity index (χ2n) is 4.23. The van der Waals surface area contributed by atoms with Gasteiger partial charge in [0.2, 0.25) is 0 Å². The average molecular weight is 194 g/mol. The molecule has 3 nitrogen and oxygen atoms in total. The topological polar surface area (TPSA) is 33.3 Å². The van der Waals surface area contributed by atoms with Crippen molar-refractivity contribution in [1.82, 2.24) is 11.0 Å². The van der Waals surface area contributed by atoms with Crippen molar-refractivity contribution >= 4 is 0 Å². The van der Waals surface area contributed by atoms with Gasteiger partial charge in [0, 0.05) is 7.05 Å². The molecule has 1 rings (SSSR count). The predicted molar refractivity (Wildman–Crippen MR) is 58.0 cm³/mol. The lowest BCUT2D eigenvalue weighted by Crippen LogP contribution is -2.30. The summed E-state index contributed by atoms with van der Waals surface area (Å²) in [5.74, 6) is 0.798. The first kappa shape index (κ1) is 11.0. The first-order chi connectivity index (χ1) is 6.54. The quantitative estimate of drug-likeness (QED) is 0.722. The van der Waals surface area contributed by atoms with Gasteiger partial charge in [-0.05, 0) is 23.1 Å². The van der Waals surface area contributed by atoms with Gasteiger partial charge in [0.15, 0.2) is 0 Å². The maximum Gasteiger partial charge on any atom is 0.149 e. The van der Waals surface area contributed by atoms with E-state index in [4.69, 9.17) is 4.84 Å². The second-order valence-corrected chi connectivity index (χ2v) is 4.23. The lowest BCUT2D eigenvalue weighted by atomic mass is 9.87. The van der Waals surface area contributed by atoms with E-state index >= 15 is 0 Å². The van der Waals surface area contributed by atoms with Gasteiger partial charge in [0.05, 0.1) is 0 Å². The highest BCUT2D eigenvalue weighted by molar-refractivity contribution is 5.30. The Morgan fingerprint density at radius 1 is 1.07 bits per heavy atom. The molecule has 0 saturated carbocycles. The summed E-state index contributed by atoms with van der Waals surface area (Å²) in [4.78, 5) is 5.16. The molecule has 0 atom stereocenters. The Kier molecular flexibility index (Phi) is 3.49. The molecule has 2 N–H and O–H groups in total. The van der Waals surface area contributed by atoms with Crippen molar-refractivity contribution in [2.24, 2.45) is 0 Å². The van der Waals surface area contributed by atoms with E-state index in [9.17, 15) is 0 Å². The van der Waals surface area contributed by atoms with Gasteiger partial charge in [-0.15, -0.1) is 0 Å². The van der Waals surface area contributed by atoms with Crippen molar-refractivity contribution in [3.63, 3.8) is 0 Å². The van der Waals surface area contributed by atoms with E-state index in [-0.39, 0.29) is 5.41 Å². The van der Waals surface area contributed by atoms with E-state index in [1.54, 1.807) is 7.05 Å².